The predicted octanol–water partition coefficient (Wildman–Crippen LogP) is 3.84. The van der Waals surface area contributed by atoms with E-state index in [1.807, 2.05) is 0 Å². The number of rotatable bonds is 5. The summed E-state index contributed by atoms with van der Waals surface area (Å²) in [7, 11) is 0. The van der Waals surface area contributed by atoms with E-state index in [2.05, 4.69) is 16.4 Å². The van der Waals surface area contributed by atoms with Gasteiger partial charge in [0.1, 0.15) is 11.4 Å². The molecule has 1 heterocycles. The highest BCUT2D eigenvalue weighted by atomic mass is 32.2. The summed E-state index contributed by atoms with van der Waals surface area (Å²) >= 11 is 1.27. The first-order chi connectivity index (χ1) is 12.6. The molecule has 26 heavy (non-hydrogen) atoms. The van der Waals surface area contributed by atoms with Gasteiger partial charge in [0.15, 0.2) is 5.16 Å². The fourth-order valence-electron chi connectivity index (χ4n) is 3.25. The van der Waals surface area contributed by atoms with Crippen LogP contribution in [0.2, 0.25) is 0 Å². The van der Waals surface area contributed by atoms with Crippen LogP contribution in [0.25, 0.3) is 5.69 Å². The van der Waals surface area contributed by atoms with Crippen molar-refractivity contribution in [1.82, 2.24) is 14.9 Å². The van der Waals surface area contributed by atoms with Gasteiger partial charge in [-0.2, -0.15) is 5.26 Å². The Labute approximate surface area is 156 Å². The van der Waals surface area contributed by atoms with Crippen molar-refractivity contribution in [2.75, 3.05) is 5.75 Å². The summed E-state index contributed by atoms with van der Waals surface area (Å²) in [5.74, 6) is -0.336. The van der Waals surface area contributed by atoms with Crippen LogP contribution in [-0.4, -0.2) is 26.8 Å². The summed E-state index contributed by atoms with van der Waals surface area (Å²) in [5.41, 5.74) is -0.0887. The highest BCUT2D eigenvalue weighted by Crippen LogP contribution is 2.27. The molecule has 1 aromatic carbocycles. The van der Waals surface area contributed by atoms with Crippen LogP contribution in [0.3, 0.4) is 0 Å². The molecule has 0 bridgehead atoms. The molecule has 1 N–H and O–H groups in total. The lowest BCUT2D eigenvalue weighted by Gasteiger charge is -2.26. The van der Waals surface area contributed by atoms with Crippen LogP contribution >= 0.6 is 11.8 Å². The van der Waals surface area contributed by atoms with Gasteiger partial charge in [-0.3, -0.25) is 9.36 Å². The van der Waals surface area contributed by atoms with Crippen LogP contribution in [0, 0.1) is 17.1 Å². The number of amides is 1. The van der Waals surface area contributed by atoms with Crippen LogP contribution in [0.5, 0.6) is 0 Å². The van der Waals surface area contributed by atoms with Crippen LogP contribution in [-0.2, 0) is 4.79 Å². The minimum absolute atomic E-state index is 0.162. The van der Waals surface area contributed by atoms with Gasteiger partial charge in [0.2, 0.25) is 5.91 Å². The number of hydrogen-bond acceptors (Lipinski definition) is 4. The normalized spacial score (nSPS) is 16.5. The monoisotopic (exact) mass is 372 g/mol. The lowest BCUT2D eigenvalue weighted by molar-refractivity contribution is -0.120. The fraction of sp³-hybridized carbons (Fsp3) is 0.421. The smallest absolute Gasteiger partial charge is 0.231 e. The molecule has 0 unspecified atom stereocenters. The van der Waals surface area contributed by atoms with E-state index < -0.39 is 5.54 Å². The molecule has 0 radical (unpaired) electrons. The maximum absolute atomic E-state index is 13.4. The van der Waals surface area contributed by atoms with E-state index in [-0.39, 0.29) is 17.5 Å². The maximum Gasteiger partial charge on any atom is 0.231 e. The van der Waals surface area contributed by atoms with Crippen molar-refractivity contribution in [3.8, 4) is 11.8 Å². The molecule has 0 aliphatic heterocycles. The second-order valence-corrected chi connectivity index (χ2v) is 7.45. The number of imidazole rings is 1. The first-order valence-electron chi connectivity index (χ1n) is 8.76. The van der Waals surface area contributed by atoms with E-state index >= 15 is 0 Å². The molecule has 1 aliphatic carbocycles. The Balaban J connectivity index is 1.64. The van der Waals surface area contributed by atoms with E-state index in [0.717, 1.165) is 25.7 Å². The summed E-state index contributed by atoms with van der Waals surface area (Å²) in [6, 6.07) is 8.54. The van der Waals surface area contributed by atoms with Crippen molar-refractivity contribution in [3.05, 3.63) is 42.5 Å². The van der Waals surface area contributed by atoms with Crippen molar-refractivity contribution >= 4 is 17.7 Å². The quantitative estimate of drug-likeness (QED) is 0.639. The number of halogens is 1. The van der Waals surface area contributed by atoms with Gasteiger partial charge in [0.05, 0.1) is 17.5 Å². The molecular weight excluding hydrogens is 351 g/mol. The third-order valence-electron chi connectivity index (χ3n) is 4.58. The number of thioether (sulfide) groups is 1. The van der Waals surface area contributed by atoms with E-state index in [4.69, 9.17) is 0 Å². The zero-order valence-electron chi connectivity index (χ0n) is 14.4. The lowest BCUT2D eigenvalue weighted by atomic mass is 9.92. The minimum Gasteiger partial charge on any atom is -0.337 e. The number of carbonyl (C=O) groups is 1. The van der Waals surface area contributed by atoms with Crippen molar-refractivity contribution < 1.29 is 9.18 Å². The largest absolute Gasteiger partial charge is 0.337 e. The Morgan fingerprint density at radius 1 is 1.35 bits per heavy atom. The standard InChI is InChI=1S/C19H21FN4OS/c20-15-6-5-7-16(12-15)24-11-10-22-18(24)26-13-17(25)23-19(14-21)8-3-1-2-4-9-19/h5-7,10-12H,1-4,8-9,13H2,(H,23,25). The summed E-state index contributed by atoms with van der Waals surface area (Å²) < 4.78 is 15.2. The van der Waals surface area contributed by atoms with Gasteiger partial charge in [-0.05, 0) is 31.0 Å². The number of nitriles is 1. The van der Waals surface area contributed by atoms with E-state index in [9.17, 15) is 14.4 Å². The molecule has 0 spiro atoms. The predicted molar refractivity (Wildman–Crippen MR) is 98.4 cm³/mol. The zero-order chi connectivity index (χ0) is 18.4. The summed E-state index contributed by atoms with van der Waals surface area (Å²) in [5, 5.41) is 13.1. The molecule has 1 aliphatic rings. The first-order valence-corrected chi connectivity index (χ1v) is 9.75. The topological polar surface area (TPSA) is 70.7 Å². The van der Waals surface area contributed by atoms with Crippen LogP contribution in [0.4, 0.5) is 4.39 Å². The van der Waals surface area contributed by atoms with Crippen LogP contribution < -0.4 is 5.32 Å². The molecule has 136 valence electrons. The minimum atomic E-state index is -0.744. The molecule has 0 saturated heterocycles. The molecule has 1 saturated carbocycles. The average molecular weight is 372 g/mol. The number of hydrogen-bond donors (Lipinski definition) is 1. The highest BCUT2D eigenvalue weighted by Gasteiger charge is 2.32. The van der Waals surface area contributed by atoms with Gasteiger partial charge in [-0.1, -0.05) is 43.5 Å². The van der Waals surface area contributed by atoms with Crippen molar-refractivity contribution in [1.29, 1.82) is 5.26 Å². The number of nitrogens with one attached hydrogen (secondary N) is 1. The molecule has 7 heteroatoms. The van der Waals surface area contributed by atoms with Crippen LogP contribution in [0.1, 0.15) is 38.5 Å². The van der Waals surface area contributed by atoms with Crippen molar-refractivity contribution in [2.45, 2.75) is 49.2 Å². The van der Waals surface area contributed by atoms with Gasteiger partial charge < -0.3 is 5.32 Å². The summed E-state index contributed by atoms with van der Waals surface area (Å²) in [6.07, 6.45) is 8.91. The summed E-state index contributed by atoms with van der Waals surface area (Å²) in [6.45, 7) is 0. The Morgan fingerprint density at radius 2 is 2.12 bits per heavy atom. The Morgan fingerprint density at radius 3 is 2.81 bits per heavy atom. The average Bonchev–Trinajstić information content (AvgIpc) is 2.99. The number of nitrogens with zero attached hydrogens (tertiary/aromatic N) is 3. The molecule has 1 fully saturated rings. The highest BCUT2D eigenvalue weighted by molar-refractivity contribution is 7.99. The number of aromatic nitrogens is 2. The van der Waals surface area contributed by atoms with Gasteiger partial charge in [0, 0.05) is 12.4 Å². The van der Waals surface area contributed by atoms with E-state index in [1.165, 1.54) is 23.9 Å². The number of benzene rings is 1. The summed E-state index contributed by atoms with van der Waals surface area (Å²) in [4.78, 5) is 16.7. The lowest BCUT2D eigenvalue weighted by Crippen LogP contribution is -2.47. The molecule has 0 atom stereocenters. The second-order valence-electron chi connectivity index (χ2n) is 6.50. The van der Waals surface area contributed by atoms with Gasteiger partial charge >= 0.3 is 0 Å². The van der Waals surface area contributed by atoms with Gasteiger partial charge in [0.25, 0.3) is 0 Å². The third-order valence-corrected chi connectivity index (χ3v) is 5.54. The van der Waals surface area contributed by atoms with Gasteiger partial charge in [-0.15, -0.1) is 0 Å². The van der Waals surface area contributed by atoms with Crippen LogP contribution in [0.15, 0.2) is 41.8 Å². The Kier molecular flexibility index (Phi) is 5.94. The third kappa shape index (κ3) is 4.44. The molecule has 3 rings (SSSR count). The van der Waals surface area contributed by atoms with Gasteiger partial charge in [-0.25, -0.2) is 9.37 Å². The Hall–Kier alpha value is -2.33. The number of carbonyl (C=O) groups excluding carboxylic acids is 1. The Bertz CT molecular complexity index is 806. The molecule has 1 amide bonds. The fourth-order valence-corrected chi connectivity index (χ4v) is 4.02. The molecule has 5 nitrogen and oxygen atoms in total. The molecular formula is C19H21FN4OS. The maximum atomic E-state index is 13.4. The van der Waals surface area contributed by atoms with Crippen molar-refractivity contribution in [3.63, 3.8) is 0 Å². The van der Waals surface area contributed by atoms with E-state index in [1.54, 1.807) is 29.1 Å². The first kappa shape index (κ1) is 18.5. The molecule has 2 aromatic rings. The second kappa shape index (κ2) is 8.37. The molecule has 1 aromatic heterocycles. The zero-order valence-corrected chi connectivity index (χ0v) is 15.3. The van der Waals surface area contributed by atoms with Crippen molar-refractivity contribution in [2.24, 2.45) is 0 Å². The SMILES string of the molecule is N#CC1(NC(=O)CSc2nccn2-c2cccc(F)c2)CCCCCC1. The van der Waals surface area contributed by atoms with E-state index in [0.29, 0.717) is 23.7 Å².